The molecule has 7 heteroatoms. The molecule has 0 saturated carbocycles. The van der Waals surface area contributed by atoms with Crippen molar-refractivity contribution < 1.29 is 4.79 Å². The first-order valence-corrected chi connectivity index (χ1v) is 11.6. The minimum absolute atomic E-state index is 0.217. The molecule has 0 fully saturated rings. The summed E-state index contributed by atoms with van der Waals surface area (Å²) in [7, 11) is 0. The minimum atomic E-state index is -0.217. The van der Waals surface area contributed by atoms with Gasteiger partial charge in [-0.2, -0.15) is 5.10 Å². The highest BCUT2D eigenvalue weighted by molar-refractivity contribution is 7.19. The zero-order valence-electron chi connectivity index (χ0n) is 16.2. The highest BCUT2D eigenvalue weighted by atomic mass is 35.5. The molecule has 0 atom stereocenters. The number of nitrogens with one attached hydrogen (secondary N) is 1. The lowest BCUT2D eigenvalue weighted by Gasteiger charge is -2.06. The number of aromatic nitrogens is 2. The molecular formula is C24H16ClN3OS2. The number of hydrogen-bond donors (Lipinski definition) is 1. The molecule has 0 aliphatic heterocycles. The van der Waals surface area contributed by atoms with Crippen LogP contribution in [-0.2, 0) is 0 Å². The van der Waals surface area contributed by atoms with Crippen LogP contribution in [-0.4, -0.2) is 15.7 Å². The fourth-order valence-corrected chi connectivity index (χ4v) is 5.01. The van der Waals surface area contributed by atoms with Gasteiger partial charge in [-0.25, -0.2) is 4.68 Å². The highest BCUT2D eigenvalue weighted by Crippen LogP contribution is 2.33. The Bertz CT molecular complexity index is 1320. The first-order chi connectivity index (χ1) is 15.2. The van der Waals surface area contributed by atoms with E-state index >= 15 is 0 Å². The minimum Gasteiger partial charge on any atom is -0.322 e. The maximum atomic E-state index is 13.2. The van der Waals surface area contributed by atoms with Crippen LogP contribution in [0.4, 0.5) is 5.69 Å². The molecule has 3 heterocycles. The average molecular weight is 462 g/mol. The van der Waals surface area contributed by atoms with E-state index in [1.54, 1.807) is 22.2 Å². The number of rotatable bonds is 5. The van der Waals surface area contributed by atoms with E-state index in [9.17, 15) is 4.79 Å². The molecule has 5 aromatic rings. The summed E-state index contributed by atoms with van der Waals surface area (Å²) in [4.78, 5) is 15.2. The Morgan fingerprint density at radius 2 is 1.71 bits per heavy atom. The van der Waals surface area contributed by atoms with Crippen molar-refractivity contribution in [1.29, 1.82) is 0 Å². The lowest BCUT2D eigenvalue weighted by atomic mass is 10.1. The third-order valence-corrected chi connectivity index (χ3v) is 6.89. The van der Waals surface area contributed by atoms with E-state index in [2.05, 4.69) is 16.5 Å². The second kappa shape index (κ2) is 8.51. The van der Waals surface area contributed by atoms with E-state index < -0.39 is 0 Å². The molecule has 1 amide bonds. The van der Waals surface area contributed by atoms with Crippen LogP contribution in [0.5, 0.6) is 0 Å². The van der Waals surface area contributed by atoms with Crippen molar-refractivity contribution in [3.8, 4) is 26.7 Å². The van der Waals surface area contributed by atoms with Gasteiger partial charge >= 0.3 is 0 Å². The fraction of sp³-hybridized carbons (Fsp3) is 0. The molecule has 31 heavy (non-hydrogen) atoms. The van der Waals surface area contributed by atoms with Gasteiger partial charge in [-0.1, -0.05) is 48.0 Å². The molecule has 0 bridgehead atoms. The van der Waals surface area contributed by atoms with Crippen molar-refractivity contribution in [1.82, 2.24) is 9.78 Å². The molecule has 0 unspecified atom stereocenters. The van der Waals surface area contributed by atoms with Crippen LogP contribution in [0.15, 0.2) is 90.4 Å². The van der Waals surface area contributed by atoms with Crippen LogP contribution >= 0.6 is 34.3 Å². The number of hydrogen-bond acceptors (Lipinski definition) is 4. The van der Waals surface area contributed by atoms with Crippen molar-refractivity contribution in [2.24, 2.45) is 0 Å². The summed E-state index contributed by atoms with van der Waals surface area (Å²) >= 11 is 9.22. The van der Waals surface area contributed by atoms with Crippen LogP contribution < -0.4 is 5.32 Å². The fourth-order valence-electron chi connectivity index (χ4n) is 3.24. The molecule has 0 spiro atoms. The third kappa shape index (κ3) is 4.18. The monoisotopic (exact) mass is 461 g/mol. The molecule has 4 nitrogen and oxygen atoms in total. The topological polar surface area (TPSA) is 46.9 Å². The SMILES string of the molecule is O=C(Nc1ccc(-c2cccs2)cc1)c1cn(-c2ccccc2)nc1-c1ccc(Cl)s1. The van der Waals surface area contributed by atoms with E-state index in [4.69, 9.17) is 11.6 Å². The van der Waals surface area contributed by atoms with Gasteiger partial charge in [-0.15, -0.1) is 22.7 Å². The van der Waals surface area contributed by atoms with Gasteiger partial charge in [0, 0.05) is 16.8 Å². The van der Waals surface area contributed by atoms with E-state index in [1.165, 1.54) is 16.2 Å². The zero-order chi connectivity index (χ0) is 21.2. The lowest BCUT2D eigenvalue weighted by Crippen LogP contribution is -2.12. The summed E-state index contributed by atoms with van der Waals surface area (Å²) in [6, 6.07) is 25.4. The Morgan fingerprint density at radius 1 is 0.903 bits per heavy atom. The largest absolute Gasteiger partial charge is 0.322 e. The Kier molecular flexibility index (Phi) is 5.42. The number of amides is 1. The summed E-state index contributed by atoms with van der Waals surface area (Å²) in [5, 5.41) is 9.73. The predicted octanol–water partition coefficient (Wildman–Crippen LogP) is 7.24. The smallest absolute Gasteiger partial charge is 0.259 e. The van der Waals surface area contributed by atoms with Crippen molar-refractivity contribution in [3.63, 3.8) is 0 Å². The van der Waals surface area contributed by atoms with Crippen LogP contribution in [0.1, 0.15) is 10.4 Å². The summed E-state index contributed by atoms with van der Waals surface area (Å²) in [5.41, 5.74) is 3.83. The van der Waals surface area contributed by atoms with Crippen LogP contribution in [0.2, 0.25) is 4.34 Å². The van der Waals surface area contributed by atoms with Gasteiger partial charge in [0.25, 0.3) is 5.91 Å². The quantitative estimate of drug-likeness (QED) is 0.300. The first kappa shape index (κ1) is 19.8. The molecule has 2 aromatic carbocycles. The van der Waals surface area contributed by atoms with Crippen LogP contribution in [0, 0.1) is 0 Å². The zero-order valence-corrected chi connectivity index (χ0v) is 18.5. The number of para-hydroxylation sites is 1. The summed E-state index contributed by atoms with van der Waals surface area (Å²) in [6.45, 7) is 0. The number of carbonyl (C=O) groups excluding carboxylic acids is 1. The van der Waals surface area contributed by atoms with Crippen LogP contribution in [0.25, 0.3) is 26.7 Å². The molecule has 3 aromatic heterocycles. The maximum absolute atomic E-state index is 13.2. The van der Waals surface area contributed by atoms with E-state index in [0.29, 0.717) is 15.6 Å². The second-order valence-corrected chi connectivity index (χ2v) is 9.45. The van der Waals surface area contributed by atoms with Gasteiger partial charge in [0.2, 0.25) is 0 Å². The lowest BCUT2D eigenvalue weighted by molar-refractivity contribution is 0.102. The molecule has 152 valence electrons. The number of benzene rings is 2. The molecule has 5 rings (SSSR count). The van der Waals surface area contributed by atoms with Crippen molar-refractivity contribution in [2.75, 3.05) is 5.32 Å². The Morgan fingerprint density at radius 3 is 2.39 bits per heavy atom. The molecule has 0 aliphatic rings. The number of nitrogens with zero attached hydrogens (tertiary/aromatic N) is 2. The third-order valence-electron chi connectivity index (χ3n) is 4.73. The molecule has 0 aliphatic carbocycles. The van der Waals surface area contributed by atoms with Crippen molar-refractivity contribution in [2.45, 2.75) is 0 Å². The normalized spacial score (nSPS) is 10.9. The Balaban J connectivity index is 1.46. The molecule has 1 N–H and O–H groups in total. The number of thiophene rings is 2. The number of anilines is 1. The van der Waals surface area contributed by atoms with Gasteiger partial charge in [-0.3, -0.25) is 4.79 Å². The van der Waals surface area contributed by atoms with E-state index in [0.717, 1.165) is 21.8 Å². The highest BCUT2D eigenvalue weighted by Gasteiger charge is 2.20. The molecule has 0 saturated heterocycles. The first-order valence-electron chi connectivity index (χ1n) is 9.53. The average Bonchev–Trinajstić information content (AvgIpc) is 3.55. The van der Waals surface area contributed by atoms with Gasteiger partial charge in [0.1, 0.15) is 5.69 Å². The van der Waals surface area contributed by atoms with Gasteiger partial charge in [0.05, 0.1) is 20.5 Å². The standard InChI is InChI=1S/C24H16ClN3OS2/c25-22-13-12-21(31-22)23-19(15-28(27-23)18-5-2-1-3-6-18)24(29)26-17-10-8-16(9-11-17)20-7-4-14-30-20/h1-15H,(H,26,29). The summed E-state index contributed by atoms with van der Waals surface area (Å²) < 4.78 is 2.37. The Labute approximate surface area is 192 Å². The Hall–Kier alpha value is -3.19. The van der Waals surface area contributed by atoms with Crippen LogP contribution in [0.3, 0.4) is 0 Å². The molecule has 0 radical (unpaired) electrons. The van der Waals surface area contributed by atoms with E-state index in [1.807, 2.05) is 78.2 Å². The molecular weight excluding hydrogens is 446 g/mol. The number of carbonyl (C=O) groups is 1. The number of halogens is 1. The van der Waals surface area contributed by atoms with Gasteiger partial charge < -0.3 is 5.32 Å². The second-order valence-electron chi connectivity index (χ2n) is 6.78. The summed E-state index contributed by atoms with van der Waals surface area (Å²) in [5.74, 6) is -0.217. The van der Waals surface area contributed by atoms with Gasteiger partial charge in [0.15, 0.2) is 0 Å². The van der Waals surface area contributed by atoms with E-state index in [-0.39, 0.29) is 5.91 Å². The summed E-state index contributed by atoms with van der Waals surface area (Å²) in [6.07, 6.45) is 1.76. The van der Waals surface area contributed by atoms with Crippen molar-refractivity contribution in [3.05, 3.63) is 100 Å². The maximum Gasteiger partial charge on any atom is 0.259 e. The van der Waals surface area contributed by atoms with Crippen molar-refractivity contribution >= 4 is 45.9 Å². The van der Waals surface area contributed by atoms with Gasteiger partial charge in [-0.05, 0) is 53.4 Å². The predicted molar refractivity (Wildman–Crippen MR) is 130 cm³/mol.